The maximum absolute atomic E-state index is 12.0. The van der Waals surface area contributed by atoms with Crippen molar-refractivity contribution in [1.82, 2.24) is 9.69 Å². The Morgan fingerprint density at radius 3 is 2.71 bits per heavy atom. The number of anilines is 2. The van der Waals surface area contributed by atoms with Crippen LogP contribution < -0.4 is 16.4 Å². The Hall–Kier alpha value is -1.51. The molecule has 2 rings (SSSR count). The van der Waals surface area contributed by atoms with Crippen LogP contribution in [0.1, 0.15) is 42.5 Å². The summed E-state index contributed by atoms with van der Waals surface area (Å²) in [6.45, 7) is 0.349. The van der Waals surface area contributed by atoms with Crippen molar-refractivity contribution in [3.05, 3.63) is 5.56 Å². The van der Waals surface area contributed by atoms with Gasteiger partial charge in [0.2, 0.25) is 0 Å². The van der Waals surface area contributed by atoms with Crippen LogP contribution in [0.5, 0.6) is 0 Å². The molecule has 0 saturated heterocycles. The van der Waals surface area contributed by atoms with Crippen molar-refractivity contribution in [3.8, 4) is 0 Å². The summed E-state index contributed by atoms with van der Waals surface area (Å²) in [4.78, 5) is 12.0. The van der Waals surface area contributed by atoms with Crippen molar-refractivity contribution >= 4 is 28.3 Å². The number of carbonyl (C=O) groups is 1. The van der Waals surface area contributed by atoms with Crippen molar-refractivity contribution in [3.63, 3.8) is 0 Å². The molecule has 0 unspecified atom stereocenters. The molecule has 9 heteroatoms. The van der Waals surface area contributed by atoms with E-state index in [1.165, 1.54) is 0 Å². The summed E-state index contributed by atoms with van der Waals surface area (Å²) in [7, 11) is 0. The van der Waals surface area contributed by atoms with Gasteiger partial charge in [-0.1, -0.05) is 0 Å². The third kappa shape index (κ3) is 5.07. The molecule has 1 saturated carbocycles. The standard InChI is InChI=1S/C12H17F3N4OS/c13-12(14,15)5-1-2-6-17-11-8(9(16)19-21-11)10(20)18-7-3-4-7/h7,17H,1-6H2,(H2,16,19)(H,18,20). The zero-order valence-corrected chi connectivity index (χ0v) is 12.1. The van der Waals surface area contributed by atoms with Gasteiger partial charge in [0, 0.05) is 19.0 Å². The Balaban J connectivity index is 1.81. The summed E-state index contributed by atoms with van der Waals surface area (Å²) >= 11 is 1.05. The van der Waals surface area contributed by atoms with Gasteiger partial charge in [-0.2, -0.15) is 17.5 Å². The van der Waals surface area contributed by atoms with E-state index in [1.807, 2.05) is 0 Å². The third-order valence-corrected chi connectivity index (χ3v) is 3.85. The van der Waals surface area contributed by atoms with Crippen LogP contribution in [0.3, 0.4) is 0 Å². The van der Waals surface area contributed by atoms with Crippen LogP contribution in [0.4, 0.5) is 24.0 Å². The fraction of sp³-hybridized carbons (Fsp3) is 0.667. The molecule has 4 N–H and O–H groups in total. The van der Waals surface area contributed by atoms with E-state index in [2.05, 4.69) is 15.0 Å². The van der Waals surface area contributed by atoms with E-state index in [1.54, 1.807) is 0 Å². The molecule has 1 heterocycles. The minimum atomic E-state index is -4.12. The summed E-state index contributed by atoms with van der Waals surface area (Å²) in [6, 6.07) is 0.205. The molecular weight excluding hydrogens is 305 g/mol. The van der Waals surface area contributed by atoms with Crippen LogP contribution in [0, 0.1) is 0 Å². The lowest BCUT2D eigenvalue weighted by Gasteiger charge is -2.08. The van der Waals surface area contributed by atoms with Gasteiger partial charge >= 0.3 is 6.18 Å². The Labute approximate surface area is 124 Å². The normalized spacial score (nSPS) is 15.0. The van der Waals surface area contributed by atoms with Gasteiger partial charge in [0.25, 0.3) is 5.91 Å². The maximum Gasteiger partial charge on any atom is 0.389 e. The summed E-state index contributed by atoms with van der Waals surface area (Å²) in [5, 5.41) is 6.27. The number of hydrogen-bond acceptors (Lipinski definition) is 5. The third-order valence-electron chi connectivity index (χ3n) is 3.03. The lowest BCUT2D eigenvalue weighted by molar-refractivity contribution is -0.135. The minimum Gasteiger partial charge on any atom is -0.382 e. The number of nitrogens with one attached hydrogen (secondary N) is 2. The van der Waals surface area contributed by atoms with Gasteiger partial charge in [0.05, 0.1) is 0 Å². The van der Waals surface area contributed by atoms with E-state index < -0.39 is 12.6 Å². The molecule has 0 aliphatic heterocycles. The highest BCUT2D eigenvalue weighted by Crippen LogP contribution is 2.28. The molecule has 21 heavy (non-hydrogen) atoms. The van der Waals surface area contributed by atoms with Crippen molar-refractivity contribution in [2.24, 2.45) is 0 Å². The fourth-order valence-corrected chi connectivity index (χ4v) is 2.52. The second-order valence-electron chi connectivity index (χ2n) is 5.02. The lowest BCUT2D eigenvalue weighted by atomic mass is 10.2. The first-order valence-electron chi connectivity index (χ1n) is 6.73. The van der Waals surface area contributed by atoms with E-state index in [0.717, 1.165) is 24.4 Å². The number of unbranched alkanes of at least 4 members (excludes halogenated alkanes) is 1. The number of amides is 1. The molecule has 0 spiro atoms. The first-order valence-corrected chi connectivity index (χ1v) is 7.51. The fourth-order valence-electron chi connectivity index (χ4n) is 1.78. The van der Waals surface area contributed by atoms with Gasteiger partial charge in [-0.3, -0.25) is 4.79 Å². The van der Waals surface area contributed by atoms with E-state index in [9.17, 15) is 18.0 Å². The second-order valence-corrected chi connectivity index (χ2v) is 5.79. The van der Waals surface area contributed by atoms with Crippen molar-refractivity contribution in [2.75, 3.05) is 17.6 Å². The number of alkyl halides is 3. The summed E-state index contributed by atoms with van der Waals surface area (Å²) < 4.78 is 39.9. The molecule has 1 fully saturated rings. The average Bonchev–Trinajstić information content (AvgIpc) is 3.10. The van der Waals surface area contributed by atoms with Crippen molar-refractivity contribution < 1.29 is 18.0 Å². The summed E-state index contributed by atoms with van der Waals surface area (Å²) in [5.74, 6) is -0.127. The van der Waals surface area contributed by atoms with Crippen molar-refractivity contribution in [2.45, 2.75) is 44.3 Å². The first kappa shape index (κ1) is 15.9. The number of nitrogens with two attached hydrogens (primary N) is 1. The Morgan fingerprint density at radius 1 is 1.38 bits per heavy atom. The average molecular weight is 322 g/mol. The molecule has 1 aliphatic carbocycles. The van der Waals surface area contributed by atoms with Crippen LogP contribution in [0.15, 0.2) is 0 Å². The molecule has 0 radical (unpaired) electrons. The largest absolute Gasteiger partial charge is 0.389 e. The molecule has 1 aliphatic rings. The van der Waals surface area contributed by atoms with Gasteiger partial charge in [-0.25, -0.2) is 0 Å². The SMILES string of the molecule is Nc1nsc(NCCCCC(F)(F)F)c1C(=O)NC1CC1. The highest BCUT2D eigenvalue weighted by Gasteiger charge is 2.28. The van der Waals surface area contributed by atoms with Crippen LogP contribution in [0.2, 0.25) is 0 Å². The topological polar surface area (TPSA) is 80.0 Å². The number of carbonyl (C=O) groups excluding carboxylic acids is 1. The quantitative estimate of drug-likeness (QED) is 0.674. The molecule has 118 valence electrons. The molecule has 1 aromatic heterocycles. The molecule has 5 nitrogen and oxygen atoms in total. The highest BCUT2D eigenvalue weighted by atomic mass is 32.1. The van der Waals surface area contributed by atoms with Crippen LogP contribution in [0.25, 0.3) is 0 Å². The maximum atomic E-state index is 12.0. The predicted octanol–water partition coefficient (Wildman–Crippen LogP) is 2.76. The lowest BCUT2D eigenvalue weighted by Crippen LogP contribution is -2.26. The minimum absolute atomic E-state index is 0.0500. The molecule has 1 amide bonds. The number of rotatable bonds is 7. The smallest absolute Gasteiger partial charge is 0.382 e. The Morgan fingerprint density at radius 2 is 2.10 bits per heavy atom. The highest BCUT2D eigenvalue weighted by molar-refractivity contribution is 7.11. The van der Waals surface area contributed by atoms with Crippen LogP contribution >= 0.6 is 11.5 Å². The first-order chi connectivity index (χ1) is 9.87. The predicted molar refractivity (Wildman–Crippen MR) is 75.4 cm³/mol. The second kappa shape index (κ2) is 6.50. The van der Waals surface area contributed by atoms with E-state index in [-0.39, 0.29) is 24.2 Å². The number of hydrogen-bond donors (Lipinski definition) is 3. The number of halogens is 3. The van der Waals surface area contributed by atoms with E-state index in [4.69, 9.17) is 5.73 Å². The molecule has 1 aromatic rings. The Bertz CT molecular complexity index is 499. The van der Waals surface area contributed by atoms with Gasteiger partial charge in [-0.15, -0.1) is 0 Å². The van der Waals surface area contributed by atoms with Gasteiger partial charge in [0.15, 0.2) is 5.82 Å². The molecular formula is C12H17F3N4OS. The molecule has 0 bridgehead atoms. The Kier molecular flexibility index (Phi) is 4.92. The number of nitrogens with zero attached hydrogens (tertiary/aromatic N) is 1. The van der Waals surface area contributed by atoms with Gasteiger partial charge in [0.1, 0.15) is 10.6 Å². The van der Waals surface area contributed by atoms with Crippen LogP contribution in [-0.4, -0.2) is 29.0 Å². The monoisotopic (exact) mass is 322 g/mol. The van der Waals surface area contributed by atoms with Gasteiger partial charge in [-0.05, 0) is 37.2 Å². The summed E-state index contributed by atoms with van der Waals surface area (Å²) in [5.41, 5.74) is 5.97. The van der Waals surface area contributed by atoms with E-state index in [0.29, 0.717) is 23.5 Å². The van der Waals surface area contributed by atoms with Crippen molar-refractivity contribution in [1.29, 1.82) is 0 Å². The number of aromatic nitrogens is 1. The summed E-state index contributed by atoms with van der Waals surface area (Å²) in [6.07, 6.45) is -2.58. The van der Waals surface area contributed by atoms with Crippen LogP contribution in [-0.2, 0) is 0 Å². The molecule has 0 aromatic carbocycles. The van der Waals surface area contributed by atoms with Gasteiger partial charge < -0.3 is 16.4 Å². The zero-order valence-electron chi connectivity index (χ0n) is 11.3. The zero-order chi connectivity index (χ0) is 15.5. The van der Waals surface area contributed by atoms with E-state index >= 15 is 0 Å². The molecule has 0 atom stereocenters. The number of nitrogen functional groups attached to an aromatic ring is 1.